The average molecular weight is 458 g/mol. The Kier molecular flexibility index (Phi) is 6.55. The Morgan fingerprint density at radius 1 is 1.33 bits per heavy atom. The van der Waals surface area contributed by atoms with Crippen LogP contribution < -0.4 is 10.9 Å². The number of hydrogen-bond donors (Lipinski definition) is 2. The summed E-state index contributed by atoms with van der Waals surface area (Å²) in [6, 6.07) is 0.0898. The molecule has 0 radical (unpaired) electrons. The van der Waals surface area contributed by atoms with Gasteiger partial charge in [0.25, 0.3) is 11.5 Å². The van der Waals surface area contributed by atoms with Gasteiger partial charge in [0, 0.05) is 37.9 Å². The Bertz CT molecular complexity index is 1140. The van der Waals surface area contributed by atoms with Crippen LogP contribution >= 0.6 is 0 Å². The molecule has 10 nitrogen and oxygen atoms in total. The number of aromatic nitrogens is 3. The molecule has 0 unspecified atom stereocenters. The number of hydrogen-bond acceptors (Lipinski definition) is 6. The minimum atomic E-state index is -0.689. The predicted octanol–water partition coefficient (Wildman–Crippen LogP) is 1.40. The number of rotatable bonds is 8. The number of methoxy groups -OCH3 is 1. The van der Waals surface area contributed by atoms with Crippen LogP contribution in [0.25, 0.3) is 11.7 Å². The van der Waals surface area contributed by atoms with E-state index < -0.39 is 11.5 Å². The molecule has 2 fully saturated rings. The Balaban J connectivity index is 1.72. The van der Waals surface area contributed by atoms with Crippen LogP contribution in [0.3, 0.4) is 0 Å². The van der Waals surface area contributed by atoms with Gasteiger partial charge in [0.05, 0.1) is 18.8 Å². The van der Waals surface area contributed by atoms with E-state index in [-0.39, 0.29) is 35.4 Å². The maximum atomic E-state index is 13.1. The molecule has 1 aliphatic heterocycles. The molecule has 2 aromatic rings. The molecule has 2 amide bonds. The third-order valence-electron chi connectivity index (χ3n) is 6.02. The number of fused-ring (bicyclic) bond motifs is 1. The molecule has 10 heteroatoms. The Labute approximate surface area is 191 Å². The molecular formula is C23H31N5O5. The van der Waals surface area contributed by atoms with E-state index in [1.54, 1.807) is 18.1 Å². The van der Waals surface area contributed by atoms with Crippen molar-refractivity contribution >= 4 is 23.5 Å². The molecule has 1 saturated carbocycles. The molecule has 3 heterocycles. The van der Waals surface area contributed by atoms with E-state index in [4.69, 9.17) is 4.74 Å². The third-order valence-corrected chi connectivity index (χ3v) is 6.02. The molecule has 0 bridgehead atoms. The summed E-state index contributed by atoms with van der Waals surface area (Å²) in [6.07, 6.45) is 8.09. The molecule has 2 aliphatic rings. The highest BCUT2D eigenvalue weighted by atomic mass is 16.5. The quantitative estimate of drug-likeness (QED) is 0.579. The van der Waals surface area contributed by atoms with Crippen LogP contribution in [-0.2, 0) is 16.1 Å². The molecule has 178 valence electrons. The van der Waals surface area contributed by atoms with Gasteiger partial charge in [0.15, 0.2) is 5.56 Å². The third kappa shape index (κ3) is 4.66. The largest absolute Gasteiger partial charge is 0.494 e. The van der Waals surface area contributed by atoms with Crippen molar-refractivity contribution in [2.24, 2.45) is 5.92 Å². The second-order valence-corrected chi connectivity index (χ2v) is 9.21. The molecule has 1 atom stereocenters. The number of nitrogens with zero attached hydrogens (tertiary/aromatic N) is 4. The van der Waals surface area contributed by atoms with Crippen LogP contribution in [0.5, 0.6) is 5.88 Å². The Hall–Kier alpha value is -3.14. The second-order valence-electron chi connectivity index (χ2n) is 9.21. The van der Waals surface area contributed by atoms with Crippen LogP contribution in [0.1, 0.15) is 55.5 Å². The van der Waals surface area contributed by atoms with Gasteiger partial charge < -0.3 is 20.1 Å². The Morgan fingerprint density at radius 2 is 2.09 bits per heavy atom. The molecule has 0 spiro atoms. The van der Waals surface area contributed by atoms with Gasteiger partial charge in [-0.15, -0.1) is 0 Å². The van der Waals surface area contributed by atoms with E-state index in [0.29, 0.717) is 30.9 Å². The number of nitrogens with one attached hydrogen (secondary N) is 1. The van der Waals surface area contributed by atoms with Crippen molar-refractivity contribution < 1.29 is 19.4 Å². The molecule has 4 rings (SSSR count). The predicted molar refractivity (Wildman–Crippen MR) is 122 cm³/mol. The molecule has 2 aromatic heterocycles. The summed E-state index contributed by atoms with van der Waals surface area (Å²) in [5, 5.41) is 17.9. The number of aromatic hydroxyl groups is 1. The summed E-state index contributed by atoms with van der Waals surface area (Å²) >= 11 is 0. The SMILES string of the molecule is COC[C@@H]1CCCN1C(=O)/C=C/c1cnn2c(=O)c(C(=O)NC3CC3)c(O)n(CC(C)C)c12. The van der Waals surface area contributed by atoms with Crippen molar-refractivity contribution in [3.8, 4) is 5.88 Å². The fourth-order valence-electron chi connectivity index (χ4n) is 4.30. The van der Waals surface area contributed by atoms with Crippen LogP contribution in [0.15, 0.2) is 17.1 Å². The van der Waals surface area contributed by atoms with Crippen molar-refractivity contribution in [1.29, 1.82) is 0 Å². The number of carbonyl (C=O) groups is 2. The average Bonchev–Trinajstić information content (AvgIpc) is 3.28. The van der Waals surface area contributed by atoms with Gasteiger partial charge in [0.1, 0.15) is 5.65 Å². The van der Waals surface area contributed by atoms with Gasteiger partial charge in [-0.25, -0.2) is 0 Å². The number of carbonyl (C=O) groups excluding carboxylic acids is 2. The lowest BCUT2D eigenvalue weighted by Crippen LogP contribution is -2.37. The summed E-state index contributed by atoms with van der Waals surface area (Å²) in [5.74, 6) is -1.01. The zero-order valence-corrected chi connectivity index (χ0v) is 19.3. The summed E-state index contributed by atoms with van der Waals surface area (Å²) in [4.78, 5) is 40.3. The van der Waals surface area contributed by atoms with Gasteiger partial charge in [-0.05, 0) is 37.7 Å². The van der Waals surface area contributed by atoms with Crippen molar-refractivity contribution in [2.45, 2.75) is 58.2 Å². The lowest BCUT2D eigenvalue weighted by Gasteiger charge is -2.22. The van der Waals surface area contributed by atoms with E-state index in [1.807, 2.05) is 13.8 Å². The smallest absolute Gasteiger partial charge is 0.291 e. The lowest BCUT2D eigenvalue weighted by molar-refractivity contribution is -0.127. The van der Waals surface area contributed by atoms with Gasteiger partial charge in [0.2, 0.25) is 11.8 Å². The molecule has 1 aliphatic carbocycles. The van der Waals surface area contributed by atoms with Crippen molar-refractivity contribution in [1.82, 2.24) is 24.4 Å². The van der Waals surface area contributed by atoms with Crippen molar-refractivity contribution in [2.75, 3.05) is 20.3 Å². The summed E-state index contributed by atoms with van der Waals surface area (Å²) in [5.41, 5.74) is -0.156. The molecule has 1 saturated heterocycles. The summed E-state index contributed by atoms with van der Waals surface area (Å²) in [7, 11) is 1.62. The first-order chi connectivity index (χ1) is 15.8. The maximum Gasteiger partial charge on any atom is 0.291 e. The normalized spacial score (nSPS) is 18.7. The van der Waals surface area contributed by atoms with Crippen molar-refractivity contribution in [3.05, 3.63) is 33.8 Å². The highest BCUT2D eigenvalue weighted by molar-refractivity contribution is 5.97. The van der Waals surface area contributed by atoms with Crippen LogP contribution in [0, 0.1) is 5.92 Å². The lowest BCUT2D eigenvalue weighted by atomic mass is 10.2. The number of likely N-dealkylation sites (tertiary alicyclic amines) is 1. The fraction of sp³-hybridized carbons (Fsp3) is 0.565. The Morgan fingerprint density at radius 3 is 2.76 bits per heavy atom. The fourth-order valence-corrected chi connectivity index (χ4v) is 4.30. The zero-order chi connectivity index (χ0) is 23.7. The summed E-state index contributed by atoms with van der Waals surface area (Å²) in [6.45, 7) is 5.46. The first-order valence-electron chi connectivity index (χ1n) is 11.4. The number of ether oxygens (including phenoxy) is 1. The summed E-state index contributed by atoms with van der Waals surface area (Å²) < 4.78 is 7.87. The minimum absolute atomic E-state index is 0.0418. The zero-order valence-electron chi connectivity index (χ0n) is 19.3. The van der Waals surface area contributed by atoms with E-state index in [9.17, 15) is 19.5 Å². The topological polar surface area (TPSA) is 118 Å². The van der Waals surface area contributed by atoms with E-state index >= 15 is 0 Å². The first-order valence-corrected chi connectivity index (χ1v) is 11.4. The van der Waals surface area contributed by atoms with E-state index in [0.717, 1.165) is 30.2 Å². The molecule has 0 aromatic carbocycles. The van der Waals surface area contributed by atoms with E-state index in [2.05, 4.69) is 10.4 Å². The van der Waals surface area contributed by atoms with Gasteiger partial charge in [-0.3, -0.25) is 19.0 Å². The second kappa shape index (κ2) is 9.38. The highest BCUT2D eigenvalue weighted by Crippen LogP contribution is 2.25. The van der Waals surface area contributed by atoms with Crippen molar-refractivity contribution in [3.63, 3.8) is 0 Å². The van der Waals surface area contributed by atoms with Crippen LogP contribution in [-0.4, -0.2) is 68.3 Å². The molecular weight excluding hydrogens is 426 g/mol. The van der Waals surface area contributed by atoms with Crippen LogP contribution in [0.4, 0.5) is 0 Å². The van der Waals surface area contributed by atoms with Gasteiger partial charge >= 0.3 is 0 Å². The van der Waals surface area contributed by atoms with Gasteiger partial charge in [-0.2, -0.15) is 9.61 Å². The number of amides is 2. The monoisotopic (exact) mass is 457 g/mol. The highest BCUT2D eigenvalue weighted by Gasteiger charge is 2.30. The first kappa shape index (κ1) is 23.0. The standard InChI is InChI=1S/C23H31N5O5/c1-14(2)12-27-21-15(6-9-18(29)26-10-4-5-17(26)13-33-3)11-24-28(21)23(32)19(22(27)31)20(30)25-16-7-8-16/h6,9,11,14,16-17,31H,4-5,7-8,10,12-13H2,1-3H3,(H,25,30)/b9-6+/t17-/m0/s1. The molecule has 33 heavy (non-hydrogen) atoms. The van der Waals surface area contributed by atoms with Crippen LogP contribution in [0.2, 0.25) is 0 Å². The molecule has 2 N–H and O–H groups in total. The minimum Gasteiger partial charge on any atom is -0.494 e. The maximum absolute atomic E-state index is 13.1. The van der Waals surface area contributed by atoms with E-state index in [1.165, 1.54) is 16.8 Å². The van der Waals surface area contributed by atoms with Gasteiger partial charge in [-0.1, -0.05) is 13.8 Å².